The molecule has 1 N–H and O–H groups in total. The molecule has 7 nitrogen and oxygen atoms in total. The van der Waals surface area contributed by atoms with Crippen LogP contribution < -0.4 is 15.1 Å². The van der Waals surface area contributed by atoms with Crippen LogP contribution in [0, 0.1) is 0 Å². The summed E-state index contributed by atoms with van der Waals surface area (Å²) >= 11 is 0. The van der Waals surface area contributed by atoms with Gasteiger partial charge in [0.25, 0.3) is 5.91 Å². The molecule has 1 saturated heterocycles. The molecular weight excluding hydrogens is 466 g/mol. The van der Waals surface area contributed by atoms with Crippen molar-refractivity contribution in [2.45, 2.75) is 38.5 Å². The largest absolute Gasteiger partial charge is 0.444 e. The molecule has 1 atom stereocenters. The number of morpholine rings is 1. The van der Waals surface area contributed by atoms with Crippen molar-refractivity contribution in [3.63, 3.8) is 0 Å². The molecule has 192 valence electrons. The summed E-state index contributed by atoms with van der Waals surface area (Å²) in [5.74, 6) is -0.220. The molecule has 0 radical (unpaired) electrons. The van der Waals surface area contributed by atoms with Gasteiger partial charge in [0.05, 0.1) is 25.4 Å². The predicted octanol–water partition coefficient (Wildman–Crippen LogP) is 4.84. The molecule has 7 heteroatoms. The van der Waals surface area contributed by atoms with Gasteiger partial charge in [-0.1, -0.05) is 60.7 Å². The Morgan fingerprint density at radius 1 is 0.946 bits per heavy atom. The number of hydrogen-bond donors (Lipinski definition) is 1. The van der Waals surface area contributed by atoms with Crippen LogP contribution in [0.25, 0.3) is 0 Å². The fourth-order valence-corrected chi connectivity index (χ4v) is 5.05. The summed E-state index contributed by atoms with van der Waals surface area (Å²) in [4.78, 5) is 31.6. The molecule has 0 unspecified atom stereocenters. The van der Waals surface area contributed by atoms with Crippen molar-refractivity contribution in [1.82, 2.24) is 5.32 Å². The third kappa shape index (κ3) is 4.91. The molecule has 2 aliphatic rings. The third-order valence-corrected chi connectivity index (χ3v) is 6.71. The molecule has 0 aromatic heterocycles. The van der Waals surface area contributed by atoms with Crippen molar-refractivity contribution >= 4 is 23.4 Å². The van der Waals surface area contributed by atoms with Gasteiger partial charge in [-0.25, -0.2) is 4.79 Å². The number of nitrogens with zero attached hydrogens (tertiary/aromatic N) is 2. The zero-order valence-corrected chi connectivity index (χ0v) is 21.6. The van der Waals surface area contributed by atoms with E-state index in [1.165, 1.54) is 0 Å². The van der Waals surface area contributed by atoms with Crippen LogP contribution in [-0.2, 0) is 26.4 Å². The quantitative estimate of drug-likeness (QED) is 0.544. The maximum Gasteiger partial charge on any atom is 0.409 e. The average molecular weight is 500 g/mol. The van der Waals surface area contributed by atoms with E-state index in [-0.39, 0.29) is 5.91 Å². The molecule has 0 spiro atoms. The summed E-state index contributed by atoms with van der Waals surface area (Å²) < 4.78 is 11.1. The zero-order chi connectivity index (χ0) is 26.0. The first-order valence-electron chi connectivity index (χ1n) is 12.7. The molecule has 0 bridgehead atoms. The van der Waals surface area contributed by atoms with Crippen LogP contribution in [0.5, 0.6) is 0 Å². The summed E-state index contributed by atoms with van der Waals surface area (Å²) in [5.41, 5.74) is 2.10. The minimum atomic E-state index is -1.42. The van der Waals surface area contributed by atoms with Crippen LogP contribution in [0.1, 0.15) is 37.5 Å². The molecule has 0 aliphatic carbocycles. The number of alkyl carbamates (subject to hydrolysis) is 1. The molecule has 3 aromatic carbocycles. The highest BCUT2D eigenvalue weighted by Crippen LogP contribution is 2.45. The topological polar surface area (TPSA) is 71.1 Å². The first-order valence-corrected chi connectivity index (χ1v) is 12.7. The Morgan fingerprint density at radius 2 is 1.59 bits per heavy atom. The predicted molar refractivity (Wildman–Crippen MR) is 144 cm³/mol. The van der Waals surface area contributed by atoms with Gasteiger partial charge in [0.1, 0.15) is 5.60 Å². The number of benzene rings is 3. The van der Waals surface area contributed by atoms with Crippen LogP contribution in [0.4, 0.5) is 16.2 Å². The smallest absolute Gasteiger partial charge is 0.409 e. The van der Waals surface area contributed by atoms with E-state index in [9.17, 15) is 9.59 Å². The third-order valence-electron chi connectivity index (χ3n) is 6.71. The minimum Gasteiger partial charge on any atom is -0.444 e. The van der Waals surface area contributed by atoms with E-state index in [4.69, 9.17) is 9.47 Å². The molecule has 5 rings (SSSR count). The highest BCUT2D eigenvalue weighted by molar-refractivity contribution is 6.11. The van der Waals surface area contributed by atoms with Gasteiger partial charge in [0.15, 0.2) is 5.54 Å². The van der Waals surface area contributed by atoms with E-state index in [0.717, 1.165) is 35.6 Å². The van der Waals surface area contributed by atoms with Gasteiger partial charge in [0, 0.05) is 24.3 Å². The maximum atomic E-state index is 14.4. The molecule has 37 heavy (non-hydrogen) atoms. The summed E-state index contributed by atoms with van der Waals surface area (Å²) in [5, 5.41) is 3.00. The van der Waals surface area contributed by atoms with Gasteiger partial charge in [-0.15, -0.1) is 0 Å². The van der Waals surface area contributed by atoms with Gasteiger partial charge in [-0.05, 0) is 50.1 Å². The van der Waals surface area contributed by atoms with Crippen molar-refractivity contribution in [3.8, 4) is 0 Å². The Hall–Kier alpha value is -3.84. The Morgan fingerprint density at radius 3 is 2.27 bits per heavy atom. The molecule has 0 saturated carbocycles. The van der Waals surface area contributed by atoms with Crippen LogP contribution >= 0.6 is 0 Å². The van der Waals surface area contributed by atoms with Crippen LogP contribution in [0.2, 0.25) is 0 Å². The van der Waals surface area contributed by atoms with Gasteiger partial charge in [-0.2, -0.15) is 0 Å². The summed E-state index contributed by atoms with van der Waals surface area (Å²) in [6, 6.07) is 25.4. The fraction of sp³-hybridized carbons (Fsp3) is 0.333. The number of fused-ring (bicyclic) bond motifs is 1. The van der Waals surface area contributed by atoms with Crippen molar-refractivity contribution in [1.29, 1.82) is 0 Å². The summed E-state index contributed by atoms with van der Waals surface area (Å²) in [7, 11) is 0. The van der Waals surface area contributed by atoms with Crippen molar-refractivity contribution in [3.05, 3.63) is 95.6 Å². The lowest BCUT2D eigenvalue weighted by atomic mass is 9.83. The van der Waals surface area contributed by atoms with Crippen molar-refractivity contribution < 1.29 is 19.1 Å². The van der Waals surface area contributed by atoms with Crippen molar-refractivity contribution in [2.75, 3.05) is 36.1 Å². The van der Waals surface area contributed by atoms with E-state index in [1.807, 2.05) is 99.6 Å². The number of rotatable bonds is 5. The number of hydrogen-bond acceptors (Lipinski definition) is 5. The highest BCUT2D eigenvalue weighted by atomic mass is 16.6. The van der Waals surface area contributed by atoms with E-state index >= 15 is 0 Å². The van der Waals surface area contributed by atoms with Crippen LogP contribution in [0.3, 0.4) is 0 Å². The molecular formula is C30H33N3O4. The molecule has 2 amide bonds. The monoisotopic (exact) mass is 499 g/mol. The normalized spacial score (nSPS) is 19.5. The average Bonchev–Trinajstić information content (AvgIpc) is 3.12. The van der Waals surface area contributed by atoms with E-state index in [1.54, 1.807) is 4.90 Å². The fourth-order valence-electron chi connectivity index (χ4n) is 5.05. The zero-order valence-electron chi connectivity index (χ0n) is 21.6. The number of anilines is 2. The number of amides is 2. The first-order chi connectivity index (χ1) is 17.8. The Balaban J connectivity index is 1.59. The lowest BCUT2D eigenvalue weighted by molar-refractivity contribution is -0.123. The molecule has 2 heterocycles. The second-order valence-corrected chi connectivity index (χ2v) is 10.4. The Labute approximate surface area is 218 Å². The molecule has 2 aliphatic heterocycles. The summed E-state index contributed by atoms with van der Waals surface area (Å²) in [6.07, 6.45) is -0.644. The first kappa shape index (κ1) is 24.8. The maximum absolute atomic E-state index is 14.4. The number of carbonyl (C=O) groups excluding carboxylic acids is 2. The molecule has 1 fully saturated rings. The van der Waals surface area contributed by atoms with Crippen LogP contribution in [-0.4, -0.2) is 43.9 Å². The van der Waals surface area contributed by atoms with Gasteiger partial charge < -0.3 is 19.3 Å². The second kappa shape index (κ2) is 9.90. The van der Waals surface area contributed by atoms with E-state index in [0.29, 0.717) is 25.3 Å². The van der Waals surface area contributed by atoms with Crippen LogP contribution in [0.15, 0.2) is 78.9 Å². The summed E-state index contributed by atoms with van der Waals surface area (Å²) in [6.45, 7) is 8.81. The van der Waals surface area contributed by atoms with Gasteiger partial charge in [-0.3, -0.25) is 10.1 Å². The Bertz CT molecular complexity index is 1260. The SMILES string of the molecule is CC(C)(C)OC(=O)N[C@]1(c2ccc(N3CCOCC3)cc2)C(=O)N(Cc2ccccc2)c2ccccc21. The molecule has 3 aromatic rings. The minimum absolute atomic E-state index is 0.220. The van der Waals surface area contributed by atoms with E-state index in [2.05, 4.69) is 10.2 Å². The van der Waals surface area contributed by atoms with E-state index < -0.39 is 17.2 Å². The Kier molecular flexibility index (Phi) is 6.65. The lowest BCUT2D eigenvalue weighted by Crippen LogP contribution is -2.54. The number of para-hydroxylation sites is 1. The highest BCUT2D eigenvalue weighted by Gasteiger charge is 2.53. The number of ether oxygens (including phenoxy) is 2. The van der Waals surface area contributed by atoms with Gasteiger partial charge >= 0.3 is 6.09 Å². The van der Waals surface area contributed by atoms with Crippen molar-refractivity contribution in [2.24, 2.45) is 0 Å². The van der Waals surface area contributed by atoms with Gasteiger partial charge in [0.2, 0.25) is 0 Å². The standard InChI is InChI=1S/C30H33N3O4/c1-29(2,3)37-28(35)31-30(23-13-15-24(16-14-23)32-17-19-36-20-18-32)25-11-7-8-12-26(25)33(27(30)34)21-22-9-5-4-6-10-22/h4-16H,17-21H2,1-3H3,(H,31,35)/t30-/m0/s1. The second-order valence-electron chi connectivity index (χ2n) is 10.4. The number of carbonyl (C=O) groups is 2. The lowest BCUT2D eigenvalue weighted by Gasteiger charge is -2.33. The number of nitrogens with one attached hydrogen (secondary N) is 1.